The fraction of sp³-hybridized carbons (Fsp3) is 0.435. The summed E-state index contributed by atoms with van der Waals surface area (Å²) in [6.45, 7) is 7.10. The van der Waals surface area contributed by atoms with Crippen LogP contribution in [0.3, 0.4) is 0 Å². The highest BCUT2D eigenvalue weighted by atomic mass is 35.5. The molecule has 0 spiro atoms. The first-order valence-corrected chi connectivity index (χ1v) is 13.6. The van der Waals surface area contributed by atoms with Crippen LogP contribution in [0.25, 0.3) is 10.2 Å². The lowest BCUT2D eigenvalue weighted by atomic mass is 9.90. The number of rotatable bonds is 8. The molecule has 2 aromatic heterocycles. The summed E-state index contributed by atoms with van der Waals surface area (Å²) in [6, 6.07) is 7.06. The summed E-state index contributed by atoms with van der Waals surface area (Å²) in [6.07, 6.45) is 2.86. The monoisotopic (exact) mass is 492 g/mol. The van der Waals surface area contributed by atoms with E-state index in [9.17, 15) is 4.79 Å². The Kier molecular flexibility index (Phi) is 7.28. The van der Waals surface area contributed by atoms with Crippen LogP contribution in [0.15, 0.2) is 34.4 Å². The topological polar surface area (TPSA) is 52.1 Å². The Bertz CT molecular complexity index is 1100. The number of thiophene rings is 1. The molecule has 1 atom stereocenters. The summed E-state index contributed by atoms with van der Waals surface area (Å²) in [5.41, 5.74) is 1.80. The number of thioether (sulfide) groups is 2. The first-order valence-electron chi connectivity index (χ1n) is 10.4. The molecule has 0 bridgehead atoms. The van der Waals surface area contributed by atoms with Gasteiger partial charge in [-0.3, -0.25) is 4.79 Å². The fourth-order valence-electron chi connectivity index (χ4n) is 3.46. The summed E-state index contributed by atoms with van der Waals surface area (Å²) < 4.78 is 6.16. The van der Waals surface area contributed by atoms with Gasteiger partial charge in [-0.2, -0.15) is 0 Å². The first-order chi connectivity index (χ1) is 14.9. The molecule has 0 saturated heterocycles. The van der Waals surface area contributed by atoms with Crippen LogP contribution >= 0.6 is 46.5 Å². The number of ketones is 1. The highest BCUT2D eigenvalue weighted by molar-refractivity contribution is 8.00. The molecule has 1 aromatic carbocycles. The van der Waals surface area contributed by atoms with Crippen LogP contribution in [0.5, 0.6) is 0 Å². The van der Waals surface area contributed by atoms with Gasteiger partial charge in [-0.1, -0.05) is 49.0 Å². The van der Waals surface area contributed by atoms with E-state index in [-0.39, 0.29) is 11.4 Å². The number of carbonyl (C=O) groups excluding carboxylic acids is 1. The summed E-state index contributed by atoms with van der Waals surface area (Å²) in [4.78, 5) is 24.7. The van der Waals surface area contributed by atoms with Gasteiger partial charge in [-0.05, 0) is 49.6 Å². The van der Waals surface area contributed by atoms with Gasteiger partial charge >= 0.3 is 0 Å². The second-order valence-corrected chi connectivity index (χ2v) is 11.4. The maximum Gasteiger partial charge on any atom is 0.190 e. The van der Waals surface area contributed by atoms with Crippen molar-refractivity contribution in [3.05, 3.63) is 45.3 Å². The third kappa shape index (κ3) is 5.11. The Morgan fingerprint density at radius 2 is 2.00 bits per heavy atom. The second kappa shape index (κ2) is 9.79. The molecule has 31 heavy (non-hydrogen) atoms. The van der Waals surface area contributed by atoms with Gasteiger partial charge in [0.2, 0.25) is 0 Å². The van der Waals surface area contributed by atoms with Crippen LogP contribution in [0, 0.1) is 0 Å². The highest BCUT2D eigenvalue weighted by Gasteiger charge is 2.33. The lowest BCUT2D eigenvalue weighted by Crippen LogP contribution is -2.33. The van der Waals surface area contributed by atoms with Crippen molar-refractivity contribution in [1.82, 2.24) is 9.97 Å². The van der Waals surface area contributed by atoms with Crippen molar-refractivity contribution in [1.29, 1.82) is 0 Å². The van der Waals surface area contributed by atoms with Crippen molar-refractivity contribution in [3.63, 3.8) is 0 Å². The van der Waals surface area contributed by atoms with Crippen molar-refractivity contribution in [2.75, 3.05) is 11.5 Å². The van der Waals surface area contributed by atoms with E-state index in [1.807, 2.05) is 0 Å². The predicted octanol–water partition coefficient (Wildman–Crippen LogP) is 7.06. The Labute approximate surface area is 200 Å². The molecular formula is C23H25ClN2O2S3. The lowest BCUT2D eigenvalue weighted by Gasteiger charge is -2.33. The minimum absolute atomic E-state index is 0.0713. The molecular weight excluding hydrogens is 468 g/mol. The standard InChI is InChI=1S/C23H25ClN2O2S3/c1-4-10-29-22-25-20(30-13-17(27)14-6-8-15(24)9-7-14)19-16-11-23(3,5-2)28-12-18(16)31-21(19)26-22/h6-9H,4-5,10-13H2,1-3H3/t23-/m0/s1. The average molecular weight is 493 g/mol. The first kappa shape index (κ1) is 23.1. The SMILES string of the molecule is CCCSc1nc(SCC(=O)c2ccc(Cl)cc2)c2c3c(sc2n1)CO[C@@](C)(CC)C3. The van der Waals surface area contributed by atoms with Gasteiger partial charge in [0.25, 0.3) is 0 Å². The Morgan fingerprint density at radius 3 is 2.71 bits per heavy atom. The Balaban J connectivity index is 1.68. The minimum atomic E-state index is -0.169. The number of ether oxygens (including phenoxy) is 1. The lowest BCUT2D eigenvalue weighted by molar-refractivity contribution is -0.0543. The van der Waals surface area contributed by atoms with Crippen molar-refractivity contribution < 1.29 is 9.53 Å². The average Bonchev–Trinajstić information content (AvgIpc) is 3.13. The fourth-order valence-corrected chi connectivity index (χ4v) is 6.52. The van der Waals surface area contributed by atoms with Crippen LogP contribution in [0.1, 0.15) is 54.4 Å². The number of hydrogen-bond acceptors (Lipinski definition) is 7. The molecule has 1 aliphatic rings. The number of hydrogen-bond donors (Lipinski definition) is 0. The van der Waals surface area contributed by atoms with Crippen molar-refractivity contribution in [3.8, 4) is 0 Å². The number of fused-ring (bicyclic) bond motifs is 3. The molecule has 4 nitrogen and oxygen atoms in total. The molecule has 0 aliphatic carbocycles. The molecule has 164 valence electrons. The number of benzene rings is 1. The second-order valence-electron chi connectivity index (χ2n) is 7.83. The zero-order valence-corrected chi connectivity index (χ0v) is 21.1. The molecule has 3 heterocycles. The van der Waals surface area contributed by atoms with Crippen LogP contribution in [0.2, 0.25) is 5.02 Å². The van der Waals surface area contributed by atoms with E-state index in [2.05, 4.69) is 20.8 Å². The van der Waals surface area contributed by atoms with Gasteiger partial charge in [-0.25, -0.2) is 9.97 Å². The maximum atomic E-state index is 12.8. The summed E-state index contributed by atoms with van der Waals surface area (Å²) in [7, 11) is 0. The van der Waals surface area contributed by atoms with Crippen molar-refractivity contribution in [2.45, 2.75) is 62.4 Å². The molecule has 0 N–H and O–H groups in total. The predicted molar refractivity (Wildman–Crippen MR) is 132 cm³/mol. The van der Waals surface area contributed by atoms with E-state index in [1.54, 1.807) is 47.4 Å². The van der Waals surface area contributed by atoms with Crippen molar-refractivity contribution in [2.24, 2.45) is 0 Å². The third-order valence-corrected chi connectivity index (χ3v) is 8.85. The summed E-state index contributed by atoms with van der Waals surface area (Å²) in [5, 5.41) is 3.43. The molecule has 0 fully saturated rings. The number of nitrogens with zero attached hydrogens (tertiary/aromatic N) is 2. The van der Waals surface area contributed by atoms with Gasteiger partial charge in [0, 0.05) is 33.0 Å². The molecule has 1 aliphatic heterocycles. The van der Waals surface area contributed by atoms with E-state index < -0.39 is 0 Å². The number of halogens is 1. The van der Waals surface area contributed by atoms with Crippen LogP contribution in [0.4, 0.5) is 0 Å². The zero-order valence-electron chi connectivity index (χ0n) is 17.9. The van der Waals surface area contributed by atoms with Gasteiger partial charge in [-0.15, -0.1) is 11.3 Å². The van der Waals surface area contributed by atoms with E-state index in [0.29, 0.717) is 22.9 Å². The van der Waals surface area contributed by atoms with E-state index in [1.165, 1.54) is 22.2 Å². The van der Waals surface area contributed by atoms with Gasteiger partial charge in [0.05, 0.1) is 18.0 Å². The smallest absolute Gasteiger partial charge is 0.190 e. The number of carbonyl (C=O) groups is 1. The number of Topliss-reactive ketones (excluding diaryl/α,β-unsaturated/α-hetero) is 1. The van der Waals surface area contributed by atoms with Gasteiger partial charge in [0.15, 0.2) is 10.9 Å². The Morgan fingerprint density at radius 1 is 1.23 bits per heavy atom. The largest absolute Gasteiger partial charge is 0.369 e. The van der Waals surface area contributed by atoms with Gasteiger partial charge < -0.3 is 4.74 Å². The van der Waals surface area contributed by atoms with E-state index >= 15 is 0 Å². The summed E-state index contributed by atoms with van der Waals surface area (Å²) in [5.74, 6) is 1.38. The molecule has 0 radical (unpaired) electrons. The van der Waals surface area contributed by atoms with E-state index in [4.69, 9.17) is 26.3 Å². The molecule has 0 saturated carbocycles. The van der Waals surface area contributed by atoms with Crippen LogP contribution in [-0.4, -0.2) is 32.9 Å². The normalized spacial score (nSPS) is 18.3. The third-order valence-electron chi connectivity index (χ3n) is 5.47. The summed E-state index contributed by atoms with van der Waals surface area (Å²) >= 11 is 10.8. The Hall–Kier alpha value is -1.12. The zero-order chi connectivity index (χ0) is 22.0. The maximum absolute atomic E-state index is 12.8. The van der Waals surface area contributed by atoms with Gasteiger partial charge in [0.1, 0.15) is 9.86 Å². The minimum Gasteiger partial charge on any atom is -0.369 e. The quantitative estimate of drug-likeness (QED) is 0.145. The van der Waals surface area contributed by atoms with Crippen LogP contribution < -0.4 is 0 Å². The molecule has 4 rings (SSSR count). The molecule has 0 amide bonds. The number of aromatic nitrogens is 2. The van der Waals surface area contributed by atoms with Crippen LogP contribution in [-0.2, 0) is 17.8 Å². The molecule has 8 heteroatoms. The molecule has 0 unspecified atom stereocenters. The molecule has 3 aromatic rings. The van der Waals surface area contributed by atoms with Crippen molar-refractivity contribution >= 4 is 62.5 Å². The van der Waals surface area contributed by atoms with E-state index in [0.717, 1.165) is 45.4 Å². The highest BCUT2D eigenvalue weighted by Crippen LogP contribution is 2.43.